The zero-order chi connectivity index (χ0) is 11.4. The van der Waals surface area contributed by atoms with E-state index in [0.29, 0.717) is 11.6 Å². The van der Waals surface area contributed by atoms with Crippen LogP contribution in [0.3, 0.4) is 0 Å². The molecular formula is C12H17BrFN. The summed E-state index contributed by atoms with van der Waals surface area (Å²) < 4.78 is 14.2. The third-order valence-electron chi connectivity index (χ3n) is 2.18. The SMILES string of the molecule is CC(C)CC(C)Nc1c(F)cccc1Br. The lowest BCUT2D eigenvalue weighted by atomic mass is 10.1. The van der Waals surface area contributed by atoms with Crippen LogP contribution in [0.15, 0.2) is 22.7 Å². The van der Waals surface area contributed by atoms with Crippen molar-refractivity contribution in [1.29, 1.82) is 0 Å². The largest absolute Gasteiger partial charge is 0.379 e. The van der Waals surface area contributed by atoms with Gasteiger partial charge in [-0.1, -0.05) is 19.9 Å². The number of para-hydroxylation sites is 1. The Morgan fingerprint density at radius 2 is 2.00 bits per heavy atom. The van der Waals surface area contributed by atoms with Crippen LogP contribution in [0.25, 0.3) is 0 Å². The molecule has 1 aromatic rings. The van der Waals surface area contributed by atoms with Crippen molar-refractivity contribution in [2.24, 2.45) is 5.92 Å². The summed E-state index contributed by atoms with van der Waals surface area (Å²) in [5.74, 6) is 0.401. The van der Waals surface area contributed by atoms with E-state index in [1.54, 1.807) is 6.07 Å². The van der Waals surface area contributed by atoms with Crippen LogP contribution in [0.1, 0.15) is 27.2 Å². The Hall–Kier alpha value is -0.570. The van der Waals surface area contributed by atoms with Crippen molar-refractivity contribution in [3.8, 4) is 0 Å². The Labute approximate surface area is 99.2 Å². The Bertz CT molecular complexity index is 305. The second kappa shape index (κ2) is 5.50. The van der Waals surface area contributed by atoms with Crippen LogP contribution in [0.4, 0.5) is 10.1 Å². The average Bonchev–Trinajstić information content (AvgIpc) is 2.10. The normalized spacial score (nSPS) is 12.9. The molecule has 0 aliphatic rings. The summed E-state index contributed by atoms with van der Waals surface area (Å²) >= 11 is 3.34. The molecule has 0 aromatic heterocycles. The predicted octanol–water partition coefficient (Wildman–Crippen LogP) is 4.43. The van der Waals surface area contributed by atoms with Gasteiger partial charge in [-0.3, -0.25) is 0 Å². The van der Waals surface area contributed by atoms with E-state index in [-0.39, 0.29) is 11.9 Å². The van der Waals surface area contributed by atoms with Crippen LogP contribution in [-0.2, 0) is 0 Å². The van der Waals surface area contributed by atoms with Crippen molar-refractivity contribution in [2.45, 2.75) is 33.2 Å². The fourth-order valence-corrected chi connectivity index (χ4v) is 2.10. The van der Waals surface area contributed by atoms with Gasteiger partial charge in [-0.15, -0.1) is 0 Å². The van der Waals surface area contributed by atoms with E-state index in [9.17, 15) is 4.39 Å². The van der Waals surface area contributed by atoms with Crippen molar-refractivity contribution < 1.29 is 4.39 Å². The predicted molar refractivity (Wildman–Crippen MR) is 66.6 cm³/mol. The summed E-state index contributed by atoms with van der Waals surface area (Å²) in [6, 6.07) is 5.28. The molecule has 1 unspecified atom stereocenters. The fourth-order valence-electron chi connectivity index (χ4n) is 1.65. The molecule has 1 rings (SSSR count). The van der Waals surface area contributed by atoms with Gasteiger partial charge in [-0.2, -0.15) is 0 Å². The van der Waals surface area contributed by atoms with E-state index in [4.69, 9.17) is 0 Å². The maximum Gasteiger partial charge on any atom is 0.147 e. The standard InChI is InChI=1S/C12H17BrFN/c1-8(2)7-9(3)15-12-10(13)5-4-6-11(12)14/h4-6,8-9,15H,7H2,1-3H3. The Kier molecular flexibility index (Phi) is 4.58. The molecule has 1 nitrogen and oxygen atoms in total. The zero-order valence-electron chi connectivity index (χ0n) is 9.35. The van der Waals surface area contributed by atoms with E-state index in [1.165, 1.54) is 6.07 Å². The van der Waals surface area contributed by atoms with E-state index >= 15 is 0 Å². The summed E-state index contributed by atoms with van der Waals surface area (Å²) in [4.78, 5) is 0. The van der Waals surface area contributed by atoms with Crippen LogP contribution in [0.5, 0.6) is 0 Å². The van der Waals surface area contributed by atoms with Crippen LogP contribution in [-0.4, -0.2) is 6.04 Å². The maximum atomic E-state index is 13.5. The number of benzene rings is 1. The van der Waals surface area contributed by atoms with Crippen molar-refractivity contribution >= 4 is 21.6 Å². The molecule has 0 saturated heterocycles. The summed E-state index contributed by atoms with van der Waals surface area (Å²) in [5, 5.41) is 3.19. The topological polar surface area (TPSA) is 12.0 Å². The van der Waals surface area contributed by atoms with Crippen molar-refractivity contribution in [1.82, 2.24) is 0 Å². The number of rotatable bonds is 4. The molecule has 0 saturated carbocycles. The number of anilines is 1. The molecule has 0 heterocycles. The van der Waals surface area contributed by atoms with E-state index in [2.05, 4.69) is 42.0 Å². The molecule has 1 N–H and O–H groups in total. The summed E-state index contributed by atoms with van der Waals surface area (Å²) in [7, 11) is 0. The number of hydrogen-bond acceptors (Lipinski definition) is 1. The third-order valence-corrected chi connectivity index (χ3v) is 2.84. The van der Waals surface area contributed by atoms with Crippen molar-refractivity contribution in [3.63, 3.8) is 0 Å². The lowest BCUT2D eigenvalue weighted by molar-refractivity contribution is 0.535. The molecule has 84 valence electrons. The van der Waals surface area contributed by atoms with Gasteiger partial charge >= 0.3 is 0 Å². The van der Waals surface area contributed by atoms with Gasteiger partial charge in [0.15, 0.2) is 0 Å². The van der Waals surface area contributed by atoms with E-state index < -0.39 is 0 Å². The smallest absolute Gasteiger partial charge is 0.147 e. The van der Waals surface area contributed by atoms with Gasteiger partial charge < -0.3 is 5.32 Å². The first-order valence-corrected chi connectivity index (χ1v) is 6.00. The molecule has 1 atom stereocenters. The Morgan fingerprint density at radius 3 is 2.53 bits per heavy atom. The van der Waals surface area contributed by atoms with Crippen LogP contribution < -0.4 is 5.32 Å². The molecule has 0 radical (unpaired) electrons. The fraction of sp³-hybridized carbons (Fsp3) is 0.500. The minimum Gasteiger partial charge on any atom is -0.379 e. The average molecular weight is 274 g/mol. The maximum absolute atomic E-state index is 13.5. The summed E-state index contributed by atoms with van der Waals surface area (Å²) in [5.41, 5.74) is 0.561. The monoisotopic (exact) mass is 273 g/mol. The third kappa shape index (κ3) is 3.82. The van der Waals surface area contributed by atoms with Gasteiger partial charge in [0.05, 0.1) is 5.69 Å². The molecule has 0 spiro atoms. The van der Waals surface area contributed by atoms with E-state index in [0.717, 1.165) is 10.9 Å². The first kappa shape index (κ1) is 12.5. The second-order valence-corrected chi connectivity index (χ2v) is 5.13. The lowest BCUT2D eigenvalue weighted by Crippen LogP contribution is -2.18. The zero-order valence-corrected chi connectivity index (χ0v) is 10.9. The quantitative estimate of drug-likeness (QED) is 0.856. The summed E-state index contributed by atoms with van der Waals surface area (Å²) in [6.07, 6.45) is 1.03. The number of nitrogens with one attached hydrogen (secondary N) is 1. The molecule has 0 aliphatic carbocycles. The second-order valence-electron chi connectivity index (χ2n) is 4.27. The van der Waals surface area contributed by atoms with Gasteiger partial charge in [0.1, 0.15) is 5.82 Å². The van der Waals surface area contributed by atoms with Crippen LogP contribution >= 0.6 is 15.9 Å². The highest BCUT2D eigenvalue weighted by Gasteiger charge is 2.10. The molecule has 1 aromatic carbocycles. The first-order valence-electron chi connectivity index (χ1n) is 5.21. The Morgan fingerprint density at radius 1 is 1.33 bits per heavy atom. The minimum absolute atomic E-state index is 0.208. The molecular weight excluding hydrogens is 257 g/mol. The van der Waals surface area contributed by atoms with Gasteiger partial charge in [0, 0.05) is 10.5 Å². The van der Waals surface area contributed by atoms with Crippen LogP contribution in [0.2, 0.25) is 0 Å². The highest BCUT2D eigenvalue weighted by molar-refractivity contribution is 9.10. The number of hydrogen-bond donors (Lipinski definition) is 1. The minimum atomic E-state index is -0.208. The molecule has 0 fully saturated rings. The molecule has 0 aliphatic heterocycles. The molecule has 3 heteroatoms. The molecule has 0 amide bonds. The lowest BCUT2D eigenvalue weighted by Gasteiger charge is -2.18. The summed E-state index contributed by atoms with van der Waals surface area (Å²) in [6.45, 7) is 6.39. The first-order chi connectivity index (χ1) is 7.00. The van der Waals surface area contributed by atoms with Gasteiger partial charge in [0.2, 0.25) is 0 Å². The van der Waals surface area contributed by atoms with Crippen LogP contribution in [0, 0.1) is 11.7 Å². The molecule has 0 bridgehead atoms. The molecule has 15 heavy (non-hydrogen) atoms. The van der Waals surface area contributed by atoms with E-state index in [1.807, 2.05) is 6.07 Å². The van der Waals surface area contributed by atoms with Crippen molar-refractivity contribution in [3.05, 3.63) is 28.5 Å². The highest BCUT2D eigenvalue weighted by atomic mass is 79.9. The Balaban J connectivity index is 2.71. The van der Waals surface area contributed by atoms with Gasteiger partial charge in [-0.05, 0) is 47.3 Å². The van der Waals surface area contributed by atoms with Crippen molar-refractivity contribution in [2.75, 3.05) is 5.32 Å². The van der Waals surface area contributed by atoms with Gasteiger partial charge in [0.25, 0.3) is 0 Å². The van der Waals surface area contributed by atoms with Gasteiger partial charge in [-0.25, -0.2) is 4.39 Å². The highest BCUT2D eigenvalue weighted by Crippen LogP contribution is 2.26. The number of halogens is 2.